The number of hydrogen-bond donors (Lipinski definition) is 2. The number of benzene rings is 2. The molecular weight excluding hydrogens is 436 g/mol. The van der Waals surface area contributed by atoms with Gasteiger partial charge in [0.2, 0.25) is 0 Å². The summed E-state index contributed by atoms with van der Waals surface area (Å²) in [5.41, 5.74) is 7.60. The Morgan fingerprint density at radius 1 is 1.12 bits per heavy atom. The summed E-state index contributed by atoms with van der Waals surface area (Å²) in [7, 11) is 1.61. The van der Waals surface area contributed by atoms with Crippen LogP contribution < -0.4 is 21.3 Å². The molecule has 34 heavy (non-hydrogen) atoms. The molecule has 1 aromatic heterocycles. The van der Waals surface area contributed by atoms with E-state index in [1.54, 1.807) is 23.8 Å². The van der Waals surface area contributed by atoms with Crippen molar-refractivity contribution in [3.05, 3.63) is 82.2 Å². The second-order valence-corrected chi connectivity index (χ2v) is 8.96. The molecule has 1 aliphatic rings. The molecule has 0 aliphatic heterocycles. The van der Waals surface area contributed by atoms with Crippen molar-refractivity contribution in [1.82, 2.24) is 9.88 Å². The lowest BCUT2D eigenvalue weighted by Crippen LogP contribution is -2.42. The van der Waals surface area contributed by atoms with E-state index in [0.29, 0.717) is 30.8 Å². The molecule has 4 rings (SSSR count). The molecule has 7 heteroatoms. The van der Waals surface area contributed by atoms with Gasteiger partial charge in [-0.2, -0.15) is 0 Å². The molecule has 5 nitrogen and oxygen atoms in total. The molecule has 0 amide bonds. The van der Waals surface area contributed by atoms with Gasteiger partial charge in [-0.15, -0.1) is 0 Å². The van der Waals surface area contributed by atoms with Gasteiger partial charge in [0, 0.05) is 42.9 Å². The van der Waals surface area contributed by atoms with E-state index in [1.807, 2.05) is 30.3 Å². The van der Waals surface area contributed by atoms with Gasteiger partial charge in [0.25, 0.3) is 5.56 Å². The molecule has 0 unspecified atom stereocenters. The third kappa shape index (κ3) is 5.72. The van der Waals surface area contributed by atoms with Crippen LogP contribution in [-0.4, -0.2) is 30.3 Å². The molecule has 1 fully saturated rings. The standard InChI is InChI=1S/C27H31F2N3O2/c1-34-23-11-6-19-7-13-27(33)32(26(19)16-23)17-25(30)18-4-9-22(10-5-18)31-14-2-3-20-15-21(28)8-12-24(20)29/h2-3,6-8,11-13,15-16,18,22,25,31H,4-5,9-10,14,17,30H2,1H3/b3-2+/t18?,22?,25-/m0/s1. The minimum absolute atomic E-state index is 0.0620. The molecular formula is C27H31F2N3O2. The first-order valence-corrected chi connectivity index (χ1v) is 11.7. The van der Waals surface area contributed by atoms with Gasteiger partial charge in [0.05, 0.1) is 12.6 Å². The van der Waals surface area contributed by atoms with Crippen molar-refractivity contribution in [3.8, 4) is 5.75 Å². The van der Waals surface area contributed by atoms with Crippen molar-refractivity contribution in [3.63, 3.8) is 0 Å². The third-order valence-corrected chi connectivity index (χ3v) is 6.75. The highest BCUT2D eigenvalue weighted by atomic mass is 19.1. The van der Waals surface area contributed by atoms with E-state index in [4.69, 9.17) is 10.5 Å². The third-order valence-electron chi connectivity index (χ3n) is 6.75. The molecule has 1 aliphatic carbocycles. The smallest absolute Gasteiger partial charge is 0.251 e. The number of aromatic nitrogens is 1. The van der Waals surface area contributed by atoms with Crippen molar-refractivity contribution in [1.29, 1.82) is 0 Å². The van der Waals surface area contributed by atoms with Crippen LogP contribution in [0.2, 0.25) is 0 Å². The van der Waals surface area contributed by atoms with Gasteiger partial charge in [0.15, 0.2) is 0 Å². The predicted molar refractivity (Wildman–Crippen MR) is 132 cm³/mol. The lowest BCUT2D eigenvalue weighted by atomic mass is 9.81. The largest absolute Gasteiger partial charge is 0.497 e. The van der Waals surface area contributed by atoms with Crippen LogP contribution in [0.25, 0.3) is 17.0 Å². The van der Waals surface area contributed by atoms with Gasteiger partial charge in [0.1, 0.15) is 17.4 Å². The molecule has 2 aromatic carbocycles. The Morgan fingerprint density at radius 2 is 1.88 bits per heavy atom. The van der Waals surface area contributed by atoms with Crippen LogP contribution in [0.5, 0.6) is 5.75 Å². The van der Waals surface area contributed by atoms with Crippen LogP contribution in [0, 0.1) is 17.6 Å². The van der Waals surface area contributed by atoms with E-state index >= 15 is 0 Å². The molecule has 0 radical (unpaired) electrons. The number of pyridine rings is 1. The Balaban J connectivity index is 1.31. The molecule has 0 saturated heterocycles. The molecule has 1 atom stereocenters. The number of hydrogen-bond acceptors (Lipinski definition) is 4. The number of nitrogens with one attached hydrogen (secondary N) is 1. The van der Waals surface area contributed by atoms with Crippen LogP contribution in [0.1, 0.15) is 31.2 Å². The minimum Gasteiger partial charge on any atom is -0.497 e. The van der Waals surface area contributed by atoms with Crippen molar-refractivity contribution >= 4 is 17.0 Å². The van der Waals surface area contributed by atoms with Crippen molar-refractivity contribution < 1.29 is 13.5 Å². The fourth-order valence-electron chi connectivity index (χ4n) is 4.76. The average Bonchev–Trinajstić information content (AvgIpc) is 2.85. The van der Waals surface area contributed by atoms with Crippen LogP contribution >= 0.6 is 0 Å². The van der Waals surface area contributed by atoms with Crippen LogP contribution in [-0.2, 0) is 6.54 Å². The van der Waals surface area contributed by atoms with Crippen molar-refractivity contribution in [2.75, 3.05) is 13.7 Å². The SMILES string of the molecule is COc1ccc2ccc(=O)n(C[C@H](N)C3CCC(NC/C=C/c4cc(F)ccc4F)CC3)c2c1. The number of rotatable bonds is 8. The first kappa shape index (κ1) is 24.1. The fourth-order valence-corrected chi connectivity index (χ4v) is 4.76. The van der Waals surface area contributed by atoms with E-state index in [9.17, 15) is 13.6 Å². The van der Waals surface area contributed by atoms with Gasteiger partial charge in [-0.25, -0.2) is 8.78 Å². The molecule has 180 valence electrons. The number of ether oxygens (including phenoxy) is 1. The number of nitrogens with two attached hydrogens (primary N) is 1. The summed E-state index contributed by atoms with van der Waals surface area (Å²) in [4.78, 5) is 12.6. The number of methoxy groups -OCH3 is 1. The highest BCUT2D eigenvalue weighted by Crippen LogP contribution is 2.28. The predicted octanol–water partition coefficient (Wildman–Crippen LogP) is 4.48. The topological polar surface area (TPSA) is 69.3 Å². The zero-order valence-corrected chi connectivity index (χ0v) is 19.3. The van der Waals surface area contributed by atoms with Gasteiger partial charge in [-0.1, -0.05) is 12.2 Å². The number of fused-ring (bicyclic) bond motifs is 1. The monoisotopic (exact) mass is 467 g/mol. The van der Waals surface area contributed by atoms with Gasteiger partial charge >= 0.3 is 0 Å². The normalized spacial score (nSPS) is 19.5. The second-order valence-electron chi connectivity index (χ2n) is 8.96. The molecule has 1 saturated carbocycles. The highest BCUT2D eigenvalue weighted by Gasteiger charge is 2.26. The fraction of sp³-hybridized carbons (Fsp3) is 0.370. The van der Waals surface area contributed by atoms with Crippen LogP contribution in [0.3, 0.4) is 0 Å². The Hall–Kier alpha value is -3.03. The molecule has 0 bridgehead atoms. The molecule has 3 N–H and O–H groups in total. The van der Waals surface area contributed by atoms with E-state index in [-0.39, 0.29) is 17.2 Å². The van der Waals surface area contributed by atoms with Crippen LogP contribution in [0.4, 0.5) is 8.78 Å². The minimum atomic E-state index is -0.450. The van der Waals surface area contributed by atoms with Gasteiger partial charge < -0.3 is 20.4 Å². The molecule has 1 heterocycles. The van der Waals surface area contributed by atoms with Gasteiger partial charge in [-0.3, -0.25) is 4.79 Å². The lowest BCUT2D eigenvalue weighted by molar-refractivity contribution is 0.249. The second kappa shape index (κ2) is 10.9. The first-order valence-electron chi connectivity index (χ1n) is 11.7. The summed E-state index contributed by atoms with van der Waals surface area (Å²) >= 11 is 0. The van der Waals surface area contributed by atoms with E-state index in [1.165, 1.54) is 6.07 Å². The maximum Gasteiger partial charge on any atom is 0.251 e. The summed E-state index contributed by atoms with van der Waals surface area (Å²) in [5, 5.41) is 4.45. The number of halogens is 2. The average molecular weight is 468 g/mol. The van der Waals surface area contributed by atoms with E-state index in [0.717, 1.165) is 48.7 Å². The van der Waals surface area contributed by atoms with Crippen molar-refractivity contribution in [2.45, 2.75) is 44.3 Å². The Bertz CT molecular complexity index is 1220. The summed E-state index contributed by atoms with van der Waals surface area (Å²) in [6, 6.07) is 12.8. The summed E-state index contributed by atoms with van der Waals surface area (Å²) < 4.78 is 34.1. The zero-order valence-electron chi connectivity index (χ0n) is 19.3. The first-order chi connectivity index (χ1) is 16.4. The molecule has 3 aromatic rings. The van der Waals surface area contributed by atoms with E-state index < -0.39 is 11.6 Å². The van der Waals surface area contributed by atoms with Crippen molar-refractivity contribution in [2.24, 2.45) is 11.7 Å². The summed E-state index contributed by atoms with van der Waals surface area (Å²) in [6.07, 6.45) is 7.34. The maximum absolute atomic E-state index is 13.7. The number of nitrogens with zero attached hydrogens (tertiary/aromatic N) is 1. The summed E-state index contributed by atoms with van der Waals surface area (Å²) in [6.45, 7) is 1.05. The maximum atomic E-state index is 13.7. The van der Waals surface area contributed by atoms with E-state index in [2.05, 4.69) is 5.32 Å². The Morgan fingerprint density at radius 3 is 2.65 bits per heavy atom. The lowest BCUT2D eigenvalue weighted by Gasteiger charge is -2.33. The summed E-state index contributed by atoms with van der Waals surface area (Å²) in [5.74, 6) is 0.161. The quantitative estimate of drug-likeness (QED) is 0.513. The molecule has 0 spiro atoms. The highest BCUT2D eigenvalue weighted by molar-refractivity contribution is 5.80. The van der Waals surface area contributed by atoms with Crippen LogP contribution in [0.15, 0.2) is 59.4 Å². The Labute approximate surface area is 198 Å². The Kier molecular flexibility index (Phi) is 7.75. The van der Waals surface area contributed by atoms with Gasteiger partial charge in [-0.05, 0) is 73.4 Å². The zero-order chi connectivity index (χ0) is 24.1.